The van der Waals surface area contributed by atoms with E-state index in [2.05, 4.69) is 5.32 Å². The van der Waals surface area contributed by atoms with E-state index in [1.807, 2.05) is 11.0 Å². The van der Waals surface area contributed by atoms with E-state index in [-0.39, 0.29) is 11.9 Å². The Hall–Kier alpha value is -1.75. The molecule has 1 unspecified atom stereocenters. The van der Waals surface area contributed by atoms with Gasteiger partial charge in [-0.05, 0) is 12.1 Å². The average Bonchev–Trinajstić information content (AvgIpc) is 2.29. The maximum atomic E-state index is 11.9. The third kappa shape index (κ3) is 1.32. The van der Waals surface area contributed by atoms with Crippen molar-refractivity contribution in [2.75, 3.05) is 30.3 Å². The number of amides is 1. The number of carbonyl (C=O) groups excluding carboxylic acids is 1. The highest BCUT2D eigenvalue weighted by Crippen LogP contribution is 2.35. The van der Waals surface area contributed by atoms with Gasteiger partial charge >= 0.3 is 0 Å². The number of carbonyl (C=O) groups is 1. The number of benzene rings is 1. The molecule has 5 heteroatoms. The lowest BCUT2D eigenvalue weighted by Gasteiger charge is -2.40. The minimum Gasteiger partial charge on any atom is -0.489 e. The molecule has 3 N–H and O–H groups in total. The highest BCUT2D eigenvalue weighted by Gasteiger charge is 2.34. The molecule has 0 aromatic heterocycles. The van der Waals surface area contributed by atoms with Gasteiger partial charge in [0.25, 0.3) is 0 Å². The van der Waals surface area contributed by atoms with Gasteiger partial charge in [-0.2, -0.15) is 0 Å². The Morgan fingerprint density at radius 1 is 1.50 bits per heavy atom. The average molecular weight is 219 g/mol. The topological polar surface area (TPSA) is 67.6 Å². The third-order valence-electron chi connectivity index (χ3n) is 2.96. The van der Waals surface area contributed by atoms with Crippen molar-refractivity contribution in [1.82, 2.24) is 5.32 Å². The molecule has 0 aliphatic carbocycles. The first kappa shape index (κ1) is 9.47. The van der Waals surface area contributed by atoms with Crippen LogP contribution in [0.3, 0.4) is 0 Å². The Morgan fingerprint density at radius 2 is 2.38 bits per heavy atom. The molecule has 5 nitrogen and oxygen atoms in total. The summed E-state index contributed by atoms with van der Waals surface area (Å²) in [5.41, 5.74) is 7.17. The Labute approximate surface area is 93.2 Å². The van der Waals surface area contributed by atoms with Crippen molar-refractivity contribution >= 4 is 17.3 Å². The predicted octanol–water partition coefficient (Wildman–Crippen LogP) is -0.0340. The van der Waals surface area contributed by atoms with Gasteiger partial charge in [-0.3, -0.25) is 4.79 Å². The van der Waals surface area contributed by atoms with Crippen LogP contribution < -0.4 is 20.7 Å². The molecule has 3 rings (SSSR count). The molecule has 0 bridgehead atoms. The molecule has 84 valence electrons. The van der Waals surface area contributed by atoms with Crippen molar-refractivity contribution in [3.05, 3.63) is 18.2 Å². The van der Waals surface area contributed by atoms with Gasteiger partial charge in [0.05, 0.1) is 18.3 Å². The fourth-order valence-corrected chi connectivity index (χ4v) is 2.22. The van der Waals surface area contributed by atoms with Crippen molar-refractivity contribution in [3.8, 4) is 5.75 Å². The zero-order valence-corrected chi connectivity index (χ0v) is 8.77. The van der Waals surface area contributed by atoms with Gasteiger partial charge in [-0.25, -0.2) is 0 Å². The maximum Gasteiger partial charge on any atom is 0.241 e. The van der Waals surface area contributed by atoms with Crippen LogP contribution in [0, 0.1) is 0 Å². The number of anilines is 2. The predicted molar refractivity (Wildman–Crippen MR) is 60.5 cm³/mol. The largest absolute Gasteiger partial charge is 0.489 e. The highest BCUT2D eigenvalue weighted by atomic mass is 16.5. The van der Waals surface area contributed by atoms with Crippen LogP contribution in [0.2, 0.25) is 0 Å². The number of ether oxygens (including phenoxy) is 1. The van der Waals surface area contributed by atoms with Gasteiger partial charge < -0.3 is 20.7 Å². The minimum absolute atomic E-state index is 0.0885. The molecule has 2 heterocycles. The molecule has 16 heavy (non-hydrogen) atoms. The molecular formula is C11H13N3O2. The second-order valence-electron chi connectivity index (χ2n) is 4.09. The van der Waals surface area contributed by atoms with Crippen LogP contribution >= 0.6 is 0 Å². The van der Waals surface area contributed by atoms with Crippen LogP contribution in [0.25, 0.3) is 0 Å². The molecular weight excluding hydrogens is 206 g/mol. The van der Waals surface area contributed by atoms with Gasteiger partial charge in [0.15, 0.2) is 0 Å². The summed E-state index contributed by atoms with van der Waals surface area (Å²) in [6, 6.07) is 5.50. The fourth-order valence-electron chi connectivity index (χ4n) is 2.22. The molecule has 0 saturated carbocycles. The number of nitrogens with zero attached hydrogens (tertiary/aromatic N) is 1. The lowest BCUT2D eigenvalue weighted by Crippen LogP contribution is -2.58. The van der Waals surface area contributed by atoms with Gasteiger partial charge in [-0.15, -0.1) is 0 Å². The molecule has 0 spiro atoms. The highest BCUT2D eigenvalue weighted by molar-refractivity contribution is 5.98. The number of nitrogen functional groups attached to an aromatic ring is 1. The van der Waals surface area contributed by atoms with E-state index in [0.717, 1.165) is 12.2 Å². The summed E-state index contributed by atoms with van der Waals surface area (Å²) in [5, 5.41) is 3.08. The summed E-state index contributed by atoms with van der Waals surface area (Å²) in [7, 11) is 0. The van der Waals surface area contributed by atoms with E-state index in [1.54, 1.807) is 12.1 Å². The number of piperazine rings is 1. The number of rotatable bonds is 0. The van der Waals surface area contributed by atoms with E-state index in [9.17, 15) is 4.79 Å². The first-order chi connectivity index (χ1) is 7.75. The first-order valence-electron chi connectivity index (χ1n) is 5.31. The van der Waals surface area contributed by atoms with Gasteiger partial charge in [-0.1, -0.05) is 0 Å². The van der Waals surface area contributed by atoms with E-state index < -0.39 is 0 Å². The van der Waals surface area contributed by atoms with Crippen LogP contribution in [0.4, 0.5) is 11.4 Å². The zero-order chi connectivity index (χ0) is 11.1. The van der Waals surface area contributed by atoms with E-state index in [0.29, 0.717) is 24.6 Å². The van der Waals surface area contributed by atoms with Crippen molar-refractivity contribution in [2.24, 2.45) is 0 Å². The lowest BCUT2D eigenvalue weighted by molar-refractivity contribution is -0.119. The molecule has 0 radical (unpaired) electrons. The van der Waals surface area contributed by atoms with E-state index in [1.165, 1.54) is 0 Å². The second-order valence-corrected chi connectivity index (χ2v) is 4.09. The Bertz CT molecular complexity index is 447. The molecule has 1 fully saturated rings. The standard InChI is InChI=1S/C11H13N3O2/c12-7-1-2-9-10(3-7)16-6-8-4-13-5-11(15)14(8)9/h1-3,8,13H,4-6,12H2. The second kappa shape index (κ2) is 3.38. The number of nitrogens with one attached hydrogen (secondary N) is 1. The summed E-state index contributed by atoms with van der Waals surface area (Å²) in [4.78, 5) is 13.7. The van der Waals surface area contributed by atoms with Crippen molar-refractivity contribution < 1.29 is 9.53 Å². The lowest BCUT2D eigenvalue weighted by atomic mass is 10.1. The van der Waals surface area contributed by atoms with Gasteiger partial charge in [0.1, 0.15) is 12.4 Å². The number of nitrogens with two attached hydrogens (primary N) is 1. The summed E-state index contributed by atoms with van der Waals surface area (Å²) in [6.45, 7) is 1.69. The molecule has 2 aliphatic heterocycles. The van der Waals surface area contributed by atoms with E-state index >= 15 is 0 Å². The number of fused-ring (bicyclic) bond motifs is 3. The van der Waals surface area contributed by atoms with Gasteiger partial charge in [0.2, 0.25) is 5.91 Å². The Kier molecular flexibility index (Phi) is 2.00. The van der Waals surface area contributed by atoms with Crippen molar-refractivity contribution in [2.45, 2.75) is 6.04 Å². The smallest absolute Gasteiger partial charge is 0.241 e. The number of hydrogen-bond donors (Lipinski definition) is 2. The maximum absolute atomic E-state index is 11.9. The molecule has 2 aliphatic rings. The molecule has 1 aromatic rings. The van der Waals surface area contributed by atoms with Crippen LogP contribution in [-0.4, -0.2) is 31.6 Å². The van der Waals surface area contributed by atoms with Crippen LogP contribution in [0.1, 0.15) is 0 Å². The molecule has 1 aromatic carbocycles. The third-order valence-corrected chi connectivity index (χ3v) is 2.96. The minimum atomic E-state index is 0.0885. The summed E-state index contributed by atoms with van der Waals surface area (Å²) < 4.78 is 5.61. The van der Waals surface area contributed by atoms with Crippen LogP contribution in [-0.2, 0) is 4.79 Å². The van der Waals surface area contributed by atoms with Crippen molar-refractivity contribution in [1.29, 1.82) is 0 Å². The summed E-state index contributed by atoms with van der Waals surface area (Å²) >= 11 is 0. The normalized spacial score (nSPS) is 23.4. The van der Waals surface area contributed by atoms with E-state index in [4.69, 9.17) is 10.5 Å². The Balaban J connectivity index is 2.06. The van der Waals surface area contributed by atoms with Gasteiger partial charge in [0, 0.05) is 18.3 Å². The zero-order valence-electron chi connectivity index (χ0n) is 8.77. The van der Waals surface area contributed by atoms with Crippen molar-refractivity contribution in [3.63, 3.8) is 0 Å². The fraction of sp³-hybridized carbons (Fsp3) is 0.364. The van der Waals surface area contributed by atoms with Crippen LogP contribution in [0.15, 0.2) is 18.2 Å². The Morgan fingerprint density at radius 3 is 3.25 bits per heavy atom. The first-order valence-corrected chi connectivity index (χ1v) is 5.31. The molecule has 1 saturated heterocycles. The summed E-state index contributed by atoms with van der Waals surface area (Å²) in [5.74, 6) is 0.789. The molecule has 1 atom stereocenters. The monoisotopic (exact) mass is 219 g/mol. The SMILES string of the molecule is Nc1ccc2c(c1)OCC1CNCC(=O)N21. The quantitative estimate of drug-likeness (QED) is 0.601. The molecule has 1 amide bonds. The van der Waals surface area contributed by atoms with Crippen LogP contribution in [0.5, 0.6) is 5.75 Å². The number of hydrogen-bond acceptors (Lipinski definition) is 4. The summed E-state index contributed by atoms with van der Waals surface area (Å²) in [6.07, 6.45) is 0.